The van der Waals surface area contributed by atoms with E-state index < -0.39 is 23.1 Å². The lowest BCUT2D eigenvalue weighted by atomic mass is 9.96. The lowest BCUT2D eigenvalue weighted by molar-refractivity contribution is 0.0696. The van der Waals surface area contributed by atoms with Crippen molar-refractivity contribution in [2.45, 2.75) is 43.2 Å². The van der Waals surface area contributed by atoms with Gasteiger partial charge >= 0.3 is 5.97 Å². The summed E-state index contributed by atoms with van der Waals surface area (Å²) >= 11 is 0. The van der Waals surface area contributed by atoms with Crippen molar-refractivity contribution in [3.05, 3.63) is 100 Å². The quantitative estimate of drug-likeness (QED) is 0.520. The topological polar surface area (TPSA) is 69.6 Å². The zero-order valence-electron chi connectivity index (χ0n) is 19.0. The summed E-state index contributed by atoms with van der Waals surface area (Å²) in [6.07, 6.45) is 3.64. The third-order valence-electron chi connectivity index (χ3n) is 7.66. The first-order valence-electron chi connectivity index (χ1n) is 11.8. The zero-order chi connectivity index (χ0) is 24.4. The Kier molecular flexibility index (Phi) is 4.75. The molecule has 0 aromatic heterocycles. The second-order valence-electron chi connectivity index (χ2n) is 10.0. The van der Waals surface area contributed by atoms with Gasteiger partial charge in [0, 0.05) is 18.5 Å². The van der Waals surface area contributed by atoms with Crippen LogP contribution in [0.25, 0.3) is 0 Å². The van der Waals surface area contributed by atoms with E-state index >= 15 is 0 Å². The number of rotatable bonds is 6. The van der Waals surface area contributed by atoms with Gasteiger partial charge in [-0.05, 0) is 72.7 Å². The number of carbonyl (C=O) groups excluding carboxylic acids is 1. The lowest BCUT2D eigenvalue weighted by Gasteiger charge is -2.24. The largest absolute Gasteiger partial charge is 0.478 e. The molecule has 0 radical (unpaired) electrons. The van der Waals surface area contributed by atoms with Gasteiger partial charge in [-0.3, -0.25) is 4.79 Å². The van der Waals surface area contributed by atoms with E-state index in [-0.39, 0.29) is 16.9 Å². The molecule has 3 aromatic rings. The average molecular weight is 475 g/mol. The van der Waals surface area contributed by atoms with Gasteiger partial charge < -0.3 is 15.3 Å². The number of hydrogen-bond donors (Lipinski definition) is 2. The van der Waals surface area contributed by atoms with Crippen LogP contribution in [0.1, 0.15) is 63.1 Å². The van der Waals surface area contributed by atoms with Gasteiger partial charge in [0.25, 0.3) is 5.91 Å². The van der Waals surface area contributed by atoms with E-state index in [9.17, 15) is 23.5 Å². The maximum Gasteiger partial charge on any atom is 0.335 e. The molecule has 178 valence electrons. The molecule has 0 unspecified atom stereocenters. The number of hydrogen-bond acceptors (Lipinski definition) is 3. The number of amides is 1. The van der Waals surface area contributed by atoms with Gasteiger partial charge in [0.15, 0.2) is 11.6 Å². The standard InChI is InChI=1S/C28H24F2N2O3/c29-22-9-4-17(14-23(22)30)15-32-16-27(10-11-27)21-3-1-2-20(24(21)32)25(33)31-28(12-13-28)19-7-5-18(6-8-19)26(34)35/h1-9,14H,10-13,15-16H2,(H,31,33)(H,34,35). The third kappa shape index (κ3) is 3.66. The highest BCUT2D eigenvalue weighted by atomic mass is 19.2. The molecule has 7 heteroatoms. The van der Waals surface area contributed by atoms with E-state index in [2.05, 4.69) is 16.3 Å². The Bertz CT molecular complexity index is 1360. The highest BCUT2D eigenvalue weighted by Gasteiger charge is 2.53. The van der Waals surface area contributed by atoms with Crippen LogP contribution < -0.4 is 10.2 Å². The molecule has 1 spiro atoms. The lowest BCUT2D eigenvalue weighted by Crippen LogP contribution is -2.36. The number of benzene rings is 3. The summed E-state index contributed by atoms with van der Waals surface area (Å²) in [5.41, 5.74) is 3.85. The Morgan fingerprint density at radius 2 is 1.69 bits per heavy atom. The number of fused-ring (bicyclic) bond motifs is 2. The van der Waals surface area contributed by atoms with Crippen molar-refractivity contribution in [2.24, 2.45) is 0 Å². The number of para-hydroxylation sites is 1. The molecule has 2 fully saturated rings. The first-order chi connectivity index (χ1) is 16.8. The van der Waals surface area contributed by atoms with Crippen LogP contribution in [0, 0.1) is 11.6 Å². The molecule has 1 amide bonds. The molecule has 3 aromatic carbocycles. The molecule has 1 heterocycles. The number of anilines is 1. The van der Waals surface area contributed by atoms with Crippen molar-refractivity contribution >= 4 is 17.6 Å². The van der Waals surface area contributed by atoms with E-state index in [1.54, 1.807) is 30.3 Å². The fourth-order valence-corrected chi connectivity index (χ4v) is 5.42. The summed E-state index contributed by atoms with van der Waals surface area (Å²) in [7, 11) is 0. The highest BCUT2D eigenvalue weighted by Crippen LogP contribution is 2.57. The van der Waals surface area contributed by atoms with Crippen LogP contribution >= 0.6 is 0 Å². The monoisotopic (exact) mass is 474 g/mol. The molecule has 35 heavy (non-hydrogen) atoms. The molecular formula is C28H24F2N2O3. The summed E-state index contributed by atoms with van der Waals surface area (Å²) < 4.78 is 27.3. The Morgan fingerprint density at radius 1 is 0.943 bits per heavy atom. The Hall–Kier alpha value is -3.74. The predicted octanol–water partition coefficient (Wildman–Crippen LogP) is 5.13. The van der Waals surface area contributed by atoms with Crippen LogP contribution in [0.2, 0.25) is 0 Å². The van der Waals surface area contributed by atoms with E-state index in [0.29, 0.717) is 17.7 Å². The number of carboxylic acids is 1. The minimum absolute atomic E-state index is 0.0220. The molecule has 0 saturated heterocycles. The summed E-state index contributed by atoms with van der Waals surface area (Å²) in [6.45, 7) is 1.13. The molecule has 5 nitrogen and oxygen atoms in total. The van der Waals surface area contributed by atoms with Gasteiger partial charge in [-0.25, -0.2) is 13.6 Å². The summed E-state index contributed by atoms with van der Waals surface area (Å²) in [5, 5.41) is 12.4. The van der Waals surface area contributed by atoms with Crippen molar-refractivity contribution in [3.63, 3.8) is 0 Å². The van der Waals surface area contributed by atoms with Crippen molar-refractivity contribution < 1.29 is 23.5 Å². The molecule has 1 aliphatic heterocycles. The van der Waals surface area contributed by atoms with E-state index in [0.717, 1.165) is 55.1 Å². The molecule has 2 N–H and O–H groups in total. The number of carboxylic acid groups (broad SMARTS) is 1. The van der Waals surface area contributed by atoms with Crippen LogP contribution in [0.15, 0.2) is 60.7 Å². The zero-order valence-corrected chi connectivity index (χ0v) is 19.0. The van der Waals surface area contributed by atoms with Crippen LogP contribution in [0.5, 0.6) is 0 Å². The first-order valence-corrected chi connectivity index (χ1v) is 11.8. The van der Waals surface area contributed by atoms with Gasteiger partial charge in [-0.15, -0.1) is 0 Å². The van der Waals surface area contributed by atoms with Crippen LogP contribution in [-0.2, 0) is 17.5 Å². The van der Waals surface area contributed by atoms with Gasteiger partial charge in [-0.2, -0.15) is 0 Å². The molecule has 2 aliphatic carbocycles. The Morgan fingerprint density at radius 3 is 2.31 bits per heavy atom. The summed E-state index contributed by atoms with van der Waals surface area (Å²) in [4.78, 5) is 26.9. The number of carbonyl (C=O) groups is 2. The normalized spacial score (nSPS) is 18.3. The molecule has 6 rings (SSSR count). The minimum atomic E-state index is -0.986. The molecular weight excluding hydrogens is 450 g/mol. The molecule has 0 atom stereocenters. The van der Waals surface area contributed by atoms with Crippen molar-refractivity contribution in [3.8, 4) is 0 Å². The average Bonchev–Trinajstić information content (AvgIpc) is 3.77. The van der Waals surface area contributed by atoms with Gasteiger partial charge in [0.1, 0.15) is 0 Å². The number of nitrogens with zero attached hydrogens (tertiary/aromatic N) is 1. The predicted molar refractivity (Wildman–Crippen MR) is 127 cm³/mol. The van der Waals surface area contributed by atoms with Crippen molar-refractivity contribution in [1.82, 2.24) is 5.32 Å². The minimum Gasteiger partial charge on any atom is -0.478 e. The maximum absolute atomic E-state index is 13.9. The maximum atomic E-state index is 13.9. The number of halogens is 2. The summed E-state index contributed by atoms with van der Waals surface area (Å²) in [6, 6.07) is 16.4. The SMILES string of the molecule is O=C(O)c1ccc(C2(NC(=O)c3cccc4c3N(Cc3ccc(F)c(F)c3)CC43CC3)CC2)cc1. The molecule has 3 aliphatic rings. The number of nitrogens with one attached hydrogen (secondary N) is 1. The van der Waals surface area contributed by atoms with Crippen LogP contribution in [0.3, 0.4) is 0 Å². The molecule has 0 bridgehead atoms. The van der Waals surface area contributed by atoms with Gasteiger partial charge in [-0.1, -0.05) is 30.3 Å². The van der Waals surface area contributed by atoms with Crippen LogP contribution in [-0.4, -0.2) is 23.5 Å². The fourth-order valence-electron chi connectivity index (χ4n) is 5.42. The smallest absolute Gasteiger partial charge is 0.335 e. The van der Waals surface area contributed by atoms with E-state index in [1.165, 1.54) is 6.07 Å². The fraction of sp³-hybridized carbons (Fsp3) is 0.286. The highest BCUT2D eigenvalue weighted by molar-refractivity contribution is 6.02. The van der Waals surface area contributed by atoms with E-state index in [4.69, 9.17) is 0 Å². The second kappa shape index (κ2) is 7.63. The van der Waals surface area contributed by atoms with Crippen LogP contribution in [0.4, 0.5) is 14.5 Å². The van der Waals surface area contributed by atoms with E-state index in [1.807, 2.05) is 12.1 Å². The second-order valence-corrected chi connectivity index (χ2v) is 10.0. The van der Waals surface area contributed by atoms with Crippen molar-refractivity contribution in [1.29, 1.82) is 0 Å². The third-order valence-corrected chi connectivity index (χ3v) is 7.66. The summed E-state index contributed by atoms with van der Waals surface area (Å²) in [5.74, 6) is -2.92. The Balaban J connectivity index is 1.30. The van der Waals surface area contributed by atoms with Gasteiger partial charge in [0.05, 0.1) is 22.4 Å². The van der Waals surface area contributed by atoms with Gasteiger partial charge in [0.2, 0.25) is 0 Å². The van der Waals surface area contributed by atoms with Crippen molar-refractivity contribution in [2.75, 3.05) is 11.4 Å². The Labute approximate surface area is 201 Å². The molecule has 2 saturated carbocycles. The first kappa shape index (κ1) is 21.8. The number of aromatic carboxylic acids is 1.